The lowest BCUT2D eigenvalue weighted by molar-refractivity contribution is 0.0833. The summed E-state index contributed by atoms with van der Waals surface area (Å²) >= 11 is 0. The fourth-order valence-corrected chi connectivity index (χ4v) is 2.48. The van der Waals surface area contributed by atoms with Gasteiger partial charge in [-0.3, -0.25) is 0 Å². The van der Waals surface area contributed by atoms with E-state index in [1.165, 1.54) is 6.07 Å². The van der Waals surface area contributed by atoms with E-state index in [1.54, 1.807) is 13.2 Å². The van der Waals surface area contributed by atoms with E-state index < -0.39 is 10.0 Å². The van der Waals surface area contributed by atoms with E-state index in [0.29, 0.717) is 32.1 Å². The maximum Gasteiger partial charge on any atom is 0.274 e. The van der Waals surface area contributed by atoms with Crippen LogP contribution in [0.3, 0.4) is 0 Å². The molecular formula is C13H24N2O5S. The minimum Gasteiger partial charge on any atom is -0.447 e. The number of ether oxygens (including phenoxy) is 2. The van der Waals surface area contributed by atoms with Gasteiger partial charge in [-0.25, -0.2) is 13.1 Å². The lowest BCUT2D eigenvalue weighted by atomic mass is 10.4. The highest BCUT2D eigenvalue weighted by Crippen LogP contribution is 2.13. The van der Waals surface area contributed by atoms with Crippen molar-refractivity contribution in [3.63, 3.8) is 0 Å². The first-order chi connectivity index (χ1) is 9.95. The average Bonchev–Trinajstić information content (AvgIpc) is 2.89. The van der Waals surface area contributed by atoms with Crippen molar-refractivity contribution < 1.29 is 22.3 Å². The molecule has 0 radical (unpaired) electrons. The van der Waals surface area contributed by atoms with Gasteiger partial charge in [0.1, 0.15) is 5.76 Å². The van der Waals surface area contributed by atoms with Crippen LogP contribution in [0.25, 0.3) is 0 Å². The van der Waals surface area contributed by atoms with Crippen molar-refractivity contribution in [1.29, 1.82) is 0 Å². The molecule has 0 aliphatic rings. The van der Waals surface area contributed by atoms with E-state index in [0.717, 1.165) is 0 Å². The molecule has 1 heterocycles. The third kappa shape index (κ3) is 7.05. The van der Waals surface area contributed by atoms with E-state index in [9.17, 15) is 8.42 Å². The van der Waals surface area contributed by atoms with Gasteiger partial charge < -0.3 is 19.2 Å². The highest BCUT2D eigenvalue weighted by Gasteiger charge is 2.18. The van der Waals surface area contributed by atoms with E-state index in [2.05, 4.69) is 10.0 Å². The normalized spacial score (nSPS) is 12.2. The van der Waals surface area contributed by atoms with Crippen molar-refractivity contribution in [2.75, 3.05) is 33.4 Å². The number of sulfonamides is 1. The van der Waals surface area contributed by atoms with Crippen molar-refractivity contribution in [1.82, 2.24) is 10.0 Å². The Bertz CT molecular complexity index is 498. The first-order valence-electron chi connectivity index (χ1n) is 6.85. The highest BCUT2D eigenvalue weighted by atomic mass is 32.2. The van der Waals surface area contributed by atoms with E-state index in [-0.39, 0.29) is 17.7 Å². The number of furan rings is 1. The van der Waals surface area contributed by atoms with Gasteiger partial charge in [-0.2, -0.15) is 0 Å². The molecule has 0 atom stereocenters. The predicted molar refractivity (Wildman–Crippen MR) is 78.6 cm³/mol. The largest absolute Gasteiger partial charge is 0.447 e. The standard InChI is InChI=1S/C13H24N2O5S/c1-11(2)19-9-7-15-21(16,17)13-5-4-12(20-13)10-14-6-8-18-3/h4-5,11,14-15H,6-10H2,1-3H3. The Kier molecular flexibility index (Phi) is 7.91. The number of nitrogens with one attached hydrogen (secondary N) is 2. The van der Waals surface area contributed by atoms with E-state index >= 15 is 0 Å². The Balaban J connectivity index is 2.42. The van der Waals surface area contributed by atoms with Crippen LogP contribution < -0.4 is 10.0 Å². The molecule has 21 heavy (non-hydrogen) atoms. The molecule has 1 aromatic heterocycles. The first-order valence-corrected chi connectivity index (χ1v) is 8.33. The first kappa shape index (κ1) is 18.1. The van der Waals surface area contributed by atoms with Crippen LogP contribution in [0.2, 0.25) is 0 Å². The summed E-state index contributed by atoms with van der Waals surface area (Å²) in [5, 5.41) is 2.99. The summed E-state index contributed by atoms with van der Waals surface area (Å²) in [7, 11) is -2.00. The summed E-state index contributed by atoms with van der Waals surface area (Å²) in [5.41, 5.74) is 0. The lowest BCUT2D eigenvalue weighted by Crippen LogP contribution is -2.28. The van der Waals surface area contributed by atoms with Gasteiger partial charge in [-0.1, -0.05) is 0 Å². The van der Waals surface area contributed by atoms with Crippen molar-refractivity contribution >= 4 is 10.0 Å². The van der Waals surface area contributed by atoms with Crippen molar-refractivity contribution in [2.24, 2.45) is 0 Å². The molecule has 0 saturated carbocycles. The zero-order valence-corrected chi connectivity index (χ0v) is 13.5. The Labute approximate surface area is 126 Å². The molecule has 1 aromatic rings. The van der Waals surface area contributed by atoms with Gasteiger partial charge >= 0.3 is 0 Å². The summed E-state index contributed by atoms with van der Waals surface area (Å²) in [6.07, 6.45) is 0.0721. The van der Waals surface area contributed by atoms with Gasteiger partial charge in [-0.05, 0) is 26.0 Å². The molecule has 0 fully saturated rings. The Morgan fingerprint density at radius 2 is 2.00 bits per heavy atom. The molecule has 122 valence electrons. The molecule has 0 spiro atoms. The lowest BCUT2D eigenvalue weighted by Gasteiger charge is -2.08. The fourth-order valence-electron chi connectivity index (χ4n) is 1.53. The molecule has 7 nitrogen and oxygen atoms in total. The third-order valence-electron chi connectivity index (χ3n) is 2.53. The summed E-state index contributed by atoms with van der Waals surface area (Å²) in [4.78, 5) is 0. The van der Waals surface area contributed by atoms with Crippen molar-refractivity contribution in [3.8, 4) is 0 Å². The van der Waals surface area contributed by atoms with Crippen LogP contribution in [0.15, 0.2) is 21.6 Å². The van der Waals surface area contributed by atoms with Gasteiger partial charge in [0.2, 0.25) is 5.09 Å². The van der Waals surface area contributed by atoms with Crippen molar-refractivity contribution in [2.45, 2.75) is 31.6 Å². The van der Waals surface area contributed by atoms with Gasteiger partial charge in [-0.15, -0.1) is 0 Å². The monoisotopic (exact) mass is 320 g/mol. The molecular weight excluding hydrogens is 296 g/mol. The molecule has 0 aliphatic carbocycles. The number of hydrogen-bond donors (Lipinski definition) is 2. The predicted octanol–water partition coefficient (Wildman–Crippen LogP) is 0.719. The molecule has 8 heteroatoms. The van der Waals surface area contributed by atoms with Gasteiger partial charge in [0, 0.05) is 20.2 Å². The van der Waals surface area contributed by atoms with Crippen LogP contribution in [0, 0.1) is 0 Å². The van der Waals surface area contributed by atoms with E-state index in [1.807, 2.05) is 13.8 Å². The van der Waals surface area contributed by atoms with Gasteiger partial charge in [0.25, 0.3) is 10.0 Å². The summed E-state index contributed by atoms with van der Waals surface area (Å²) < 4.78 is 41.9. The Hall–Kier alpha value is -0.930. The zero-order valence-electron chi connectivity index (χ0n) is 12.7. The fraction of sp³-hybridized carbons (Fsp3) is 0.692. The van der Waals surface area contributed by atoms with Crippen LogP contribution in [0.5, 0.6) is 0 Å². The summed E-state index contributed by atoms with van der Waals surface area (Å²) in [5.74, 6) is 0.560. The van der Waals surface area contributed by atoms with Crippen molar-refractivity contribution in [3.05, 3.63) is 17.9 Å². The third-order valence-corrected chi connectivity index (χ3v) is 3.86. The minimum absolute atomic E-state index is 0.0721. The van der Waals surface area contributed by atoms with Crippen LogP contribution in [0.1, 0.15) is 19.6 Å². The van der Waals surface area contributed by atoms with Crippen LogP contribution in [0.4, 0.5) is 0 Å². The average molecular weight is 320 g/mol. The molecule has 0 saturated heterocycles. The zero-order chi connectivity index (χ0) is 15.7. The number of hydrogen-bond acceptors (Lipinski definition) is 6. The van der Waals surface area contributed by atoms with Crippen LogP contribution in [-0.2, 0) is 26.0 Å². The van der Waals surface area contributed by atoms with Crippen LogP contribution >= 0.6 is 0 Å². The summed E-state index contributed by atoms with van der Waals surface area (Å²) in [6, 6.07) is 3.08. The Morgan fingerprint density at radius 3 is 2.67 bits per heavy atom. The molecule has 0 amide bonds. The maximum absolute atomic E-state index is 12.0. The highest BCUT2D eigenvalue weighted by molar-refractivity contribution is 7.89. The molecule has 1 rings (SSSR count). The molecule has 0 aromatic carbocycles. The second kappa shape index (κ2) is 9.16. The Morgan fingerprint density at radius 1 is 1.24 bits per heavy atom. The quantitative estimate of drug-likeness (QED) is 0.584. The smallest absolute Gasteiger partial charge is 0.274 e. The van der Waals surface area contributed by atoms with Gasteiger partial charge in [0.05, 0.1) is 25.9 Å². The molecule has 0 bridgehead atoms. The van der Waals surface area contributed by atoms with Gasteiger partial charge in [0.15, 0.2) is 0 Å². The van der Waals surface area contributed by atoms with E-state index in [4.69, 9.17) is 13.9 Å². The number of methoxy groups -OCH3 is 1. The second-order valence-electron chi connectivity index (χ2n) is 4.71. The van der Waals surface area contributed by atoms with Crippen LogP contribution in [-0.4, -0.2) is 47.9 Å². The SMILES string of the molecule is COCCNCc1ccc(S(=O)(=O)NCCOC(C)C)o1. The maximum atomic E-state index is 12.0. The second-order valence-corrected chi connectivity index (χ2v) is 6.41. The number of rotatable bonds is 11. The molecule has 0 unspecified atom stereocenters. The minimum atomic E-state index is -3.62. The topological polar surface area (TPSA) is 89.8 Å². The summed E-state index contributed by atoms with van der Waals surface area (Å²) in [6.45, 7) is 6.03. The molecule has 0 aliphatic heterocycles. The molecule has 2 N–H and O–H groups in total.